The molecule has 0 spiro atoms. The fraction of sp³-hybridized carbons (Fsp3) is 0.208. The van der Waals surface area contributed by atoms with Crippen LogP contribution in [0.2, 0.25) is 0 Å². The van der Waals surface area contributed by atoms with E-state index >= 15 is 0 Å². The third-order valence-electron chi connectivity index (χ3n) is 4.43. The van der Waals surface area contributed by atoms with Gasteiger partial charge in [0.15, 0.2) is 0 Å². The second-order valence-corrected chi connectivity index (χ2v) is 8.15. The lowest BCUT2D eigenvalue weighted by atomic mass is 10.1. The van der Waals surface area contributed by atoms with Crippen molar-refractivity contribution in [1.82, 2.24) is 4.90 Å². The highest BCUT2D eigenvalue weighted by molar-refractivity contribution is 8.00. The van der Waals surface area contributed by atoms with Crippen molar-refractivity contribution in [2.24, 2.45) is 0 Å². The van der Waals surface area contributed by atoms with Gasteiger partial charge in [0, 0.05) is 18.0 Å². The minimum absolute atomic E-state index is 0.139. The fourth-order valence-electron chi connectivity index (χ4n) is 2.95. The van der Waals surface area contributed by atoms with Gasteiger partial charge in [0.25, 0.3) is 0 Å². The smallest absolute Gasteiger partial charge is 0.236 e. The van der Waals surface area contributed by atoms with E-state index in [0.717, 1.165) is 16.0 Å². The zero-order valence-electron chi connectivity index (χ0n) is 15.8. The van der Waals surface area contributed by atoms with Gasteiger partial charge >= 0.3 is 0 Å². The molecule has 3 aromatic carbocycles. The molecule has 0 saturated carbocycles. The zero-order valence-corrected chi connectivity index (χ0v) is 16.7. The quantitative estimate of drug-likeness (QED) is 0.493. The summed E-state index contributed by atoms with van der Waals surface area (Å²) in [5.41, 5.74) is 3.52. The molecule has 0 N–H and O–H groups in total. The normalized spacial score (nSPS) is 11.8. The van der Waals surface area contributed by atoms with Crippen LogP contribution in [0.15, 0.2) is 89.8 Å². The molecule has 138 valence electrons. The maximum absolute atomic E-state index is 13.2. The van der Waals surface area contributed by atoms with Crippen molar-refractivity contribution in [2.75, 3.05) is 0 Å². The molecule has 0 aliphatic carbocycles. The molecule has 0 bridgehead atoms. The van der Waals surface area contributed by atoms with Crippen molar-refractivity contribution in [1.29, 1.82) is 0 Å². The van der Waals surface area contributed by atoms with E-state index in [1.54, 1.807) is 11.8 Å². The number of carbonyl (C=O) groups excluding carboxylic acids is 1. The number of hydrogen-bond donors (Lipinski definition) is 0. The Balaban J connectivity index is 1.75. The van der Waals surface area contributed by atoms with Gasteiger partial charge in [0.2, 0.25) is 5.91 Å². The molecule has 3 aromatic rings. The van der Waals surface area contributed by atoms with Crippen LogP contribution in [0.1, 0.15) is 23.6 Å². The average Bonchev–Trinajstić information content (AvgIpc) is 2.70. The van der Waals surface area contributed by atoms with E-state index in [0.29, 0.717) is 13.1 Å². The SMILES string of the molecule is Cc1ccc(SC(C)C(=O)N(Cc2ccccc2)Cc2ccccc2)cc1. The van der Waals surface area contributed by atoms with E-state index in [-0.39, 0.29) is 11.2 Å². The molecule has 1 amide bonds. The molecule has 0 aromatic heterocycles. The van der Waals surface area contributed by atoms with Gasteiger partial charge in [-0.25, -0.2) is 0 Å². The second kappa shape index (κ2) is 9.43. The van der Waals surface area contributed by atoms with Crippen molar-refractivity contribution in [3.8, 4) is 0 Å². The third-order valence-corrected chi connectivity index (χ3v) is 5.53. The van der Waals surface area contributed by atoms with Gasteiger partial charge in [-0.15, -0.1) is 11.8 Å². The highest BCUT2D eigenvalue weighted by Gasteiger charge is 2.22. The molecule has 0 aliphatic heterocycles. The lowest BCUT2D eigenvalue weighted by molar-refractivity contribution is -0.131. The summed E-state index contributed by atoms with van der Waals surface area (Å²) in [6.07, 6.45) is 0. The van der Waals surface area contributed by atoms with E-state index in [2.05, 4.69) is 55.5 Å². The highest BCUT2D eigenvalue weighted by atomic mass is 32.2. The number of carbonyl (C=O) groups is 1. The molecule has 0 radical (unpaired) electrons. The van der Waals surface area contributed by atoms with E-state index in [1.165, 1.54) is 5.56 Å². The van der Waals surface area contributed by atoms with Crippen LogP contribution in [0.3, 0.4) is 0 Å². The van der Waals surface area contributed by atoms with Crippen molar-refractivity contribution in [2.45, 2.75) is 37.1 Å². The van der Waals surface area contributed by atoms with E-state index in [1.807, 2.05) is 48.2 Å². The van der Waals surface area contributed by atoms with Crippen LogP contribution in [0, 0.1) is 6.92 Å². The average molecular weight is 376 g/mol. The standard InChI is InChI=1S/C24H25NOS/c1-19-13-15-23(16-14-19)27-20(2)24(26)25(17-21-9-5-3-6-10-21)18-22-11-7-4-8-12-22/h3-16,20H,17-18H2,1-2H3. The topological polar surface area (TPSA) is 20.3 Å². The lowest BCUT2D eigenvalue weighted by Crippen LogP contribution is -2.35. The van der Waals surface area contributed by atoms with E-state index < -0.39 is 0 Å². The van der Waals surface area contributed by atoms with Gasteiger partial charge in [-0.1, -0.05) is 78.4 Å². The number of rotatable bonds is 7. The van der Waals surface area contributed by atoms with Gasteiger partial charge < -0.3 is 4.90 Å². The summed E-state index contributed by atoms with van der Waals surface area (Å²) < 4.78 is 0. The third kappa shape index (κ3) is 5.73. The molecular weight excluding hydrogens is 350 g/mol. The summed E-state index contributed by atoms with van der Waals surface area (Å²) in [5, 5.41) is -0.139. The van der Waals surface area contributed by atoms with Gasteiger partial charge in [0.05, 0.1) is 5.25 Å². The molecule has 2 nitrogen and oxygen atoms in total. The predicted octanol–water partition coefficient (Wildman–Crippen LogP) is 5.70. The summed E-state index contributed by atoms with van der Waals surface area (Å²) in [5.74, 6) is 0.160. The zero-order chi connectivity index (χ0) is 19.1. The molecule has 1 atom stereocenters. The maximum Gasteiger partial charge on any atom is 0.236 e. The van der Waals surface area contributed by atoms with Gasteiger partial charge in [-0.3, -0.25) is 4.79 Å². The maximum atomic E-state index is 13.2. The van der Waals surface area contributed by atoms with Crippen LogP contribution in [0.25, 0.3) is 0 Å². The number of nitrogens with zero attached hydrogens (tertiary/aromatic N) is 1. The summed E-state index contributed by atoms with van der Waals surface area (Å²) in [7, 11) is 0. The van der Waals surface area contributed by atoms with Gasteiger partial charge in [0.1, 0.15) is 0 Å². The highest BCUT2D eigenvalue weighted by Crippen LogP contribution is 2.26. The molecule has 0 fully saturated rings. The Morgan fingerprint density at radius 3 is 1.78 bits per heavy atom. The van der Waals surface area contributed by atoms with Crippen LogP contribution < -0.4 is 0 Å². The molecule has 0 aliphatic rings. The Morgan fingerprint density at radius 2 is 1.30 bits per heavy atom. The summed E-state index contributed by atoms with van der Waals surface area (Å²) in [4.78, 5) is 16.3. The van der Waals surface area contributed by atoms with Crippen LogP contribution >= 0.6 is 11.8 Å². The van der Waals surface area contributed by atoms with Crippen LogP contribution in [-0.4, -0.2) is 16.1 Å². The Kier molecular flexibility index (Phi) is 6.72. The van der Waals surface area contributed by atoms with Crippen molar-refractivity contribution in [3.05, 3.63) is 102 Å². The summed E-state index contributed by atoms with van der Waals surface area (Å²) in [6, 6.07) is 28.7. The number of thioether (sulfide) groups is 1. The minimum Gasteiger partial charge on any atom is -0.333 e. The molecular formula is C24H25NOS. The molecule has 1 unspecified atom stereocenters. The number of hydrogen-bond acceptors (Lipinski definition) is 2. The minimum atomic E-state index is -0.139. The molecule has 0 saturated heterocycles. The van der Waals surface area contributed by atoms with Crippen molar-refractivity contribution < 1.29 is 4.79 Å². The largest absolute Gasteiger partial charge is 0.333 e. The fourth-order valence-corrected chi connectivity index (χ4v) is 3.90. The molecule has 3 rings (SSSR count). The molecule has 0 heterocycles. The first-order chi connectivity index (χ1) is 13.1. The van der Waals surface area contributed by atoms with Gasteiger partial charge in [-0.2, -0.15) is 0 Å². The molecule has 27 heavy (non-hydrogen) atoms. The lowest BCUT2D eigenvalue weighted by Gasteiger charge is -2.26. The van der Waals surface area contributed by atoms with Crippen molar-refractivity contribution >= 4 is 17.7 Å². The summed E-state index contributed by atoms with van der Waals surface area (Å²) in [6.45, 7) is 5.31. The number of amides is 1. The predicted molar refractivity (Wildman–Crippen MR) is 114 cm³/mol. The van der Waals surface area contributed by atoms with Crippen LogP contribution in [0.4, 0.5) is 0 Å². The Morgan fingerprint density at radius 1 is 0.815 bits per heavy atom. The Bertz CT molecular complexity index is 805. The van der Waals surface area contributed by atoms with E-state index in [4.69, 9.17) is 0 Å². The monoisotopic (exact) mass is 375 g/mol. The second-order valence-electron chi connectivity index (χ2n) is 6.74. The first-order valence-corrected chi connectivity index (χ1v) is 10.1. The van der Waals surface area contributed by atoms with E-state index in [9.17, 15) is 4.79 Å². The van der Waals surface area contributed by atoms with Gasteiger partial charge in [-0.05, 0) is 37.1 Å². The Hall–Kier alpha value is -2.52. The van der Waals surface area contributed by atoms with Crippen molar-refractivity contribution in [3.63, 3.8) is 0 Å². The van der Waals surface area contributed by atoms with Crippen LogP contribution in [0.5, 0.6) is 0 Å². The summed E-state index contributed by atoms with van der Waals surface area (Å²) >= 11 is 1.62. The first-order valence-electron chi connectivity index (χ1n) is 9.22. The Labute approximate surface area is 166 Å². The van der Waals surface area contributed by atoms with Crippen LogP contribution in [-0.2, 0) is 17.9 Å². The first kappa shape index (κ1) is 19.2. The number of aryl methyl sites for hydroxylation is 1. The molecule has 3 heteroatoms. The number of benzene rings is 3.